The van der Waals surface area contributed by atoms with E-state index in [-0.39, 0.29) is 17.9 Å². The predicted octanol–water partition coefficient (Wildman–Crippen LogP) is 5.34. The molecule has 0 bridgehead atoms. The fraction of sp³-hybridized carbons (Fsp3) is 0.333. The van der Waals surface area contributed by atoms with Crippen LogP contribution in [0.1, 0.15) is 59.3 Å². The molecule has 0 unspecified atom stereocenters. The average Bonchev–Trinajstić information content (AvgIpc) is 3.55. The molecule has 9 heteroatoms. The average molecular weight is 527 g/mol. The number of para-hydroxylation sites is 1. The molecule has 2 aromatic carbocycles. The van der Waals surface area contributed by atoms with E-state index in [2.05, 4.69) is 29.4 Å². The van der Waals surface area contributed by atoms with Crippen LogP contribution in [0.2, 0.25) is 0 Å². The molecule has 1 aliphatic rings. The Hall–Kier alpha value is -4.40. The lowest BCUT2D eigenvalue weighted by molar-refractivity contribution is 0.0689. The molecule has 1 saturated heterocycles. The van der Waals surface area contributed by atoms with Crippen LogP contribution in [0.25, 0.3) is 0 Å². The van der Waals surface area contributed by atoms with E-state index in [0.717, 1.165) is 30.7 Å². The van der Waals surface area contributed by atoms with Gasteiger partial charge in [0, 0.05) is 31.9 Å². The maximum absolute atomic E-state index is 13.1. The fourth-order valence-corrected chi connectivity index (χ4v) is 4.86. The molecule has 0 atom stereocenters. The number of amides is 2. The quantitative estimate of drug-likeness (QED) is 0.335. The highest BCUT2D eigenvalue weighted by Gasteiger charge is 2.25. The molecule has 0 aliphatic carbocycles. The molecule has 0 radical (unpaired) electrons. The van der Waals surface area contributed by atoms with E-state index in [1.807, 2.05) is 76.4 Å². The van der Waals surface area contributed by atoms with Gasteiger partial charge in [-0.1, -0.05) is 32.0 Å². The molecule has 1 N–H and O–H groups in total. The molecule has 1 fully saturated rings. The van der Waals surface area contributed by atoms with Gasteiger partial charge in [-0.05, 0) is 67.6 Å². The van der Waals surface area contributed by atoms with Crippen LogP contribution < -0.4 is 10.1 Å². The van der Waals surface area contributed by atoms with Crippen molar-refractivity contribution in [2.24, 2.45) is 13.0 Å². The second kappa shape index (κ2) is 11.6. The monoisotopic (exact) mass is 526 g/mol. The van der Waals surface area contributed by atoms with E-state index < -0.39 is 0 Å². The first-order chi connectivity index (χ1) is 18.9. The molecule has 5 rings (SSSR count). The number of hydrogen-bond acceptors (Lipinski definition) is 5. The molecule has 0 spiro atoms. The number of carbonyl (C=O) groups excluding carboxylic acids is 2. The summed E-state index contributed by atoms with van der Waals surface area (Å²) < 4.78 is 9.34. The van der Waals surface area contributed by atoms with Crippen LogP contribution in [0.15, 0.2) is 73.1 Å². The lowest BCUT2D eigenvalue weighted by Gasteiger charge is -2.32. The van der Waals surface area contributed by atoms with Crippen molar-refractivity contribution in [3.8, 4) is 11.5 Å². The zero-order valence-electron chi connectivity index (χ0n) is 22.6. The van der Waals surface area contributed by atoms with Gasteiger partial charge in [-0.3, -0.25) is 19.0 Å². The molecule has 1 aliphatic heterocycles. The number of piperidine rings is 1. The number of rotatable bonds is 8. The Labute approximate surface area is 228 Å². The summed E-state index contributed by atoms with van der Waals surface area (Å²) >= 11 is 0. The first-order valence-corrected chi connectivity index (χ1v) is 13.4. The maximum atomic E-state index is 13.1. The van der Waals surface area contributed by atoms with E-state index >= 15 is 0 Å². The molecular formula is C30H34N6O3. The second-order valence-corrected chi connectivity index (χ2v) is 10.4. The molecule has 3 heterocycles. The summed E-state index contributed by atoms with van der Waals surface area (Å²) in [5.41, 5.74) is 2.71. The third-order valence-corrected chi connectivity index (χ3v) is 6.85. The van der Waals surface area contributed by atoms with Crippen molar-refractivity contribution in [1.29, 1.82) is 0 Å². The van der Waals surface area contributed by atoms with Gasteiger partial charge in [-0.15, -0.1) is 0 Å². The number of benzene rings is 2. The SMILES string of the molecule is CC(C)Cc1cc(C(=O)Nc2cnn(C3CCN(C(=O)c4ccc(Oc5ccccc5)cc4)CC3)c2)n(C)n1. The van der Waals surface area contributed by atoms with Gasteiger partial charge < -0.3 is 15.0 Å². The highest BCUT2D eigenvalue weighted by atomic mass is 16.5. The third-order valence-electron chi connectivity index (χ3n) is 6.85. The highest BCUT2D eigenvalue weighted by Crippen LogP contribution is 2.26. The smallest absolute Gasteiger partial charge is 0.274 e. The summed E-state index contributed by atoms with van der Waals surface area (Å²) in [4.78, 5) is 27.8. The lowest BCUT2D eigenvalue weighted by Crippen LogP contribution is -2.39. The molecular weight excluding hydrogens is 492 g/mol. The topological polar surface area (TPSA) is 94.3 Å². The zero-order valence-corrected chi connectivity index (χ0v) is 22.6. The number of nitrogens with one attached hydrogen (secondary N) is 1. The number of ether oxygens (including phenoxy) is 1. The Morgan fingerprint density at radius 3 is 2.41 bits per heavy atom. The molecule has 9 nitrogen and oxygen atoms in total. The van der Waals surface area contributed by atoms with Crippen LogP contribution in [0.4, 0.5) is 5.69 Å². The third kappa shape index (κ3) is 6.37. The largest absolute Gasteiger partial charge is 0.457 e. The summed E-state index contributed by atoms with van der Waals surface area (Å²) in [6.07, 6.45) is 5.93. The van der Waals surface area contributed by atoms with Crippen molar-refractivity contribution in [3.63, 3.8) is 0 Å². The minimum atomic E-state index is -0.208. The van der Waals surface area contributed by atoms with Crippen molar-refractivity contribution >= 4 is 17.5 Å². The van der Waals surface area contributed by atoms with E-state index in [0.29, 0.717) is 41.7 Å². The molecule has 202 valence electrons. The molecule has 4 aromatic rings. The van der Waals surface area contributed by atoms with E-state index in [9.17, 15) is 9.59 Å². The van der Waals surface area contributed by atoms with Crippen molar-refractivity contribution < 1.29 is 14.3 Å². The number of nitrogens with zero attached hydrogens (tertiary/aromatic N) is 5. The van der Waals surface area contributed by atoms with E-state index in [1.165, 1.54) is 0 Å². The Morgan fingerprint density at radius 2 is 1.72 bits per heavy atom. The summed E-state index contributed by atoms with van der Waals surface area (Å²) in [5.74, 6) is 1.72. The molecule has 2 aromatic heterocycles. The number of aromatic nitrogens is 4. The van der Waals surface area contributed by atoms with Crippen LogP contribution in [0.3, 0.4) is 0 Å². The minimum Gasteiger partial charge on any atom is -0.457 e. The number of hydrogen-bond donors (Lipinski definition) is 1. The van der Waals surface area contributed by atoms with Crippen molar-refractivity contribution in [2.45, 2.75) is 39.2 Å². The fourth-order valence-electron chi connectivity index (χ4n) is 4.86. The van der Waals surface area contributed by atoms with Crippen LogP contribution in [0.5, 0.6) is 11.5 Å². The summed E-state index contributed by atoms with van der Waals surface area (Å²) in [6.45, 7) is 5.54. The molecule has 2 amide bonds. The summed E-state index contributed by atoms with van der Waals surface area (Å²) in [5, 5.41) is 11.9. The van der Waals surface area contributed by atoms with E-state index in [1.54, 1.807) is 17.9 Å². The van der Waals surface area contributed by atoms with Crippen molar-refractivity contribution in [3.05, 3.63) is 90.0 Å². The van der Waals surface area contributed by atoms with Crippen LogP contribution >= 0.6 is 0 Å². The summed E-state index contributed by atoms with van der Waals surface area (Å²) in [6, 6.07) is 18.8. The predicted molar refractivity (Wildman–Crippen MR) is 149 cm³/mol. The Balaban J connectivity index is 1.13. The van der Waals surface area contributed by atoms with Gasteiger partial charge in [0.15, 0.2) is 0 Å². The van der Waals surface area contributed by atoms with Crippen molar-refractivity contribution in [2.75, 3.05) is 18.4 Å². The van der Waals surface area contributed by atoms with Gasteiger partial charge in [0.1, 0.15) is 17.2 Å². The number of likely N-dealkylation sites (tertiary alicyclic amines) is 1. The van der Waals surface area contributed by atoms with Gasteiger partial charge >= 0.3 is 0 Å². The molecule has 0 saturated carbocycles. The first-order valence-electron chi connectivity index (χ1n) is 13.4. The van der Waals surface area contributed by atoms with Gasteiger partial charge in [0.25, 0.3) is 11.8 Å². The number of aryl methyl sites for hydroxylation is 1. The standard InChI is InChI=1S/C30H34N6O3/c1-21(2)17-23-18-28(34(3)33-23)29(37)32-24-19-31-36(20-24)25-13-15-35(16-14-25)30(38)22-9-11-27(12-10-22)39-26-7-5-4-6-8-26/h4-12,18-21,25H,13-17H2,1-3H3,(H,32,37). The van der Waals surface area contributed by atoms with Gasteiger partial charge in [-0.25, -0.2) is 0 Å². The minimum absolute atomic E-state index is 0.0149. The Morgan fingerprint density at radius 1 is 1.03 bits per heavy atom. The van der Waals surface area contributed by atoms with Gasteiger partial charge in [-0.2, -0.15) is 10.2 Å². The molecule has 39 heavy (non-hydrogen) atoms. The van der Waals surface area contributed by atoms with Gasteiger partial charge in [0.2, 0.25) is 0 Å². The lowest BCUT2D eigenvalue weighted by atomic mass is 10.0. The number of anilines is 1. The maximum Gasteiger partial charge on any atom is 0.274 e. The highest BCUT2D eigenvalue weighted by molar-refractivity contribution is 6.03. The Bertz CT molecular complexity index is 1420. The van der Waals surface area contributed by atoms with Gasteiger partial charge in [0.05, 0.1) is 23.6 Å². The normalized spacial score (nSPS) is 14.0. The van der Waals surface area contributed by atoms with Crippen LogP contribution in [-0.4, -0.2) is 49.4 Å². The van der Waals surface area contributed by atoms with Crippen LogP contribution in [-0.2, 0) is 13.5 Å². The van der Waals surface area contributed by atoms with Crippen LogP contribution in [0, 0.1) is 5.92 Å². The number of carbonyl (C=O) groups is 2. The van der Waals surface area contributed by atoms with Crippen molar-refractivity contribution in [1.82, 2.24) is 24.5 Å². The van der Waals surface area contributed by atoms with E-state index in [4.69, 9.17) is 4.74 Å². The summed E-state index contributed by atoms with van der Waals surface area (Å²) in [7, 11) is 1.78. The first kappa shape index (κ1) is 26.2. The Kier molecular flexibility index (Phi) is 7.76. The second-order valence-electron chi connectivity index (χ2n) is 10.4. The zero-order chi connectivity index (χ0) is 27.4.